The predicted molar refractivity (Wildman–Crippen MR) is 82.4 cm³/mol. The number of nitrogens with zero attached hydrogens (tertiary/aromatic N) is 1. The number of hydrogen-bond acceptors (Lipinski definition) is 3. The van der Waals surface area contributed by atoms with E-state index in [4.69, 9.17) is 0 Å². The standard InChI is InChI=1S/C15H26N2O2S/c1-10(2)5-6-11(3)16-14(19)12-9-20-15(4)8-7-13(18)17(12)15/h10-12H,5-9H2,1-4H3,(H,16,19). The lowest BCUT2D eigenvalue weighted by molar-refractivity contribution is -0.138. The molecule has 0 saturated carbocycles. The summed E-state index contributed by atoms with van der Waals surface area (Å²) in [6.07, 6.45) is 3.55. The summed E-state index contributed by atoms with van der Waals surface area (Å²) in [5, 5.41) is 3.08. The molecule has 2 amide bonds. The molecule has 4 nitrogen and oxygen atoms in total. The third-order valence-electron chi connectivity index (χ3n) is 4.31. The van der Waals surface area contributed by atoms with Crippen molar-refractivity contribution in [3.63, 3.8) is 0 Å². The zero-order valence-corrected chi connectivity index (χ0v) is 13.8. The van der Waals surface area contributed by atoms with Crippen LogP contribution in [0.15, 0.2) is 0 Å². The minimum Gasteiger partial charge on any atom is -0.352 e. The zero-order valence-electron chi connectivity index (χ0n) is 12.9. The maximum Gasteiger partial charge on any atom is 0.243 e. The fourth-order valence-electron chi connectivity index (χ4n) is 3.01. The average Bonchev–Trinajstić information content (AvgIpc) is 2.84. The first-order valence-electron chi connectivity index (χ1n) is 7.60. The summed E-state index contributed by atoms with van der Waals surface area (Å²) in [5.74, 6) is 1.53. The van der Waals surface area contributed by atoms with Crippen LogP contribution < -0.4 is 5.32 Å². The van der Waals surface area contributed by atoms with Crippen molar-refractivity contribution in [2.75, 3.05) is 5.75 Å². The van der Waals surface area contributed by atoms with E-state index in [0.29, 0.717) is 12.3 Å². The van der Waals surface area contributed by atoms with Gasteiger partial charge in [0.2, 0.25) is 11.8 Å². The van der Waals surface area contributed by atoms with Crippen molar-refractivity contribution in [3.8, 4) is 0 Å². The molecule has 2 fully saturated rings. The molecule has 0 bridgehead atoms. The molecule has 0 aliphatic carbocycles. The van der Waals surface area contributed by atoms with E-state index in [1.807, 2.05) is 11.8 Å². The Balaban J connectivity index is 1.91. The lowest BCUT2D eigenvalue weighted by atomic mass is 10.0. The van der Waals surface area contributed by atoms with Crippen LogP contribution in [0.1, 0.15) is 53.4 Å². The predicted octanol–water partition coefficient (Wildman–Crippen LogP) is 2.38. The Labute approximate surface area is 126 Å². The molecule has 3 unspecified atom stereocenters. The molecule has 20 heavy (non-hydrogen) atoms. The summed E-state index contributed by atoms with van der Waals surface area (Å²) >= 11 is 1.75. The van der Waals surface area contributed by atoms with Gasteiger partial charge in [-0.25, -0.2) is 0 Å². The molecule has 0 radical (unpaired) electrons. The Hall–Kier alpha value is -0.710. The quantitative estimate of drug-likeness (QED) is 0.848. The number of hydrogen-bond donors (Lipinski definition) is 1. The van der Waals surface area contributed by atoms with E-state index in [9.17, 15) is 9.59 Å². The second-order valence-electron chi connectivity index (χ2n) is 6.65. The van der Waals surface area contributed by atoms with Gasteiger partial charge in [-0.2, -0.15) is 0 Å². The van der Waals surface area contributed by atoms with Crippen molar-refractivity contribution in [1.29, 1.82) is 0 Å². The van der Waals surface area contributed by atoms with E-state index in [-0.39, 0.29) is 28.8 Å². The Morgan fingerprint density at radius 3 is 2.80 bits per heavy atom. The van der Waals surface area contributed by atoms with Gasteiger partial charge in [0, 0.05) is 18.2 Å². The van der Waals surface area contributed by atoms with E-state index in [2.05, 4.69) is 26.1 Å². The fraction of sp³-hybridized carbons (Fsp3) is 0.867. The molecule has 2 aliphatic heterocycles. The van der Waals surface area contributed by atoms with Gasteiger partial charge in [0.15, 0.2) is 0 Å². The molecule has 0 spiro atoms. The van der Waals surface area contributed by atoms with Crippen molar-refractivity contribution in [3.05, 3.63) is 0 Å². The van der Waals surface area contributed by atoms with Gasteiger partial charge in [0.25, 0.3) is 0 Å². The van der Waals surface area contributed by atoms with Crippen molar-refractivity contribution in [2.45, 2.75) is 70.3 Å². The van der Waals surface area contributed by atoms with E-state index >= 15 is 0 Å². The molecule has 2 rings (SSSR count). The highest BCUT2D eigenvalue weighted by molar-refractivity contribution is 8.01. The topological polar surface area (TPSA) is 49.4 Å². The van der Waals surface area contributed by atoms with Gasteiger partial charge in [0.05, 0.1) is 4.87 Å². The maximum absolute atomic E-state index is 12.4. The van der Waals surface area contributed by atoms with Gasteiger partial charge < -0.3 is 10.2 Å². The molecular formula is C15H26N2O2S. The van der Waals surface area contributed by atoms with Gasteiger partial charge in [-0.05, 0) is 39.0 Å². The highest BCUT2D eigenvalue weighted by atomic mass is 32.2. The van der Waals surface area contributed by atoms with Crippen LogP contribution in [-0.4, -0.2) is 39.4 Å². The molecule has 1 N–H and O–H groups in total. The molecule has 3 atom stereocenters. The molecule has 2 heterocycles. The number of nitrogens with one attached hydrogen (secondary N) is 1. The van der Waals surface area contributed by atoms with Crippen LogP contribution in [0.25, 0.3) is 0 Å². The van der Waals surface area contributed by atoms with Crippen molar-refractivity contribution in [2.24, 2.45) is 5.92 Å². The summed E-state index contributed by atoms with van der Waals surface area (Å²) in [7, 11) is 0. The second-order valence-corrected chi connectivity index (χ2v) is 8.15. The highest BCUT2D eigenvalue weighted by Crippen LogP contribution is 2.47. The van der Waals surface area contributed by atoms with Crippen LogP contribution in [0.2, 0.25) is 0 Å². The Kier molecular flexibility index (Phi) is 4.67. The second kappa shape index (κ2) is 5.96. The minimum absolute atomic E-state index is 0.0210. The number of amides is 2. The molecule has 0 aromatic carbocycles. The minimum atomic E-state index is -0.276. The van der Waals surface area contributed by atoms with Gasteiger partial charge in [-0.1, -0.05) is 13.8 Å². The Morgan fingerprint density at radius 2 is 2.15 bits per heavy atom. The smallest absolute Gasteiger partial charge is 0.243 e. The molecular weight excluding hydrogens is 272 g/mol. The first kappa shape index (κ1) is 15.7. The molecule has 0 aromatic heterocycles. The molecule has 2 aliphatic rings. The number of carbonyl (C=O) groups excluding carboxylic acids is 2. The van der Waals surface area contributed by atoms with Gasteiger partial charge in [-0.15, -0.1) is 11.8 Å². The van der Waals surface area contributed by atoms with Crippen molar-refractivity contribution in [1.82, 2.24) is 10.2 Å². The summed E-state index contributed by atoms with van der Waals surface area (Å²) in [6.45, 7) is 8.51. The fourth-order valence-corrected chi connectivity index (χ4v) is 4.44. The van der Waals surface area contributed by atoms with E-state index in [1.54, 1.807) is 11.8 Å². The summed E-state index contributed by atoms with van der Waals surface area (Å²) in [6, 6.07) is -0.0963. The third-order valence-corrected chi connectivity index (χ3v) is 5.82. The van der Waals surface area contributed by atoms with E-state index in [1.165, 1.54) is 0 Å². The van der Waals surface area contributed by atoms with E-state index in [0.717, 1.165) is 25.0 Å². The molecule has 114 valence electrons. The van der Waals surface area contributed by atoms with Crippen LogP contribution in [0, 0.1) is 5.92 Å². The molecule has 0 aromatic rings. The summed E-state index contributed by atoms with van der Waals surface area (Å²) in [4.78, 5) is 26.1. The third kappa shape index (κ3) is 3.13. The Morgan fingerprint density at radius 1 is 1.45 bits per heavy atom. The monoisotopic (exact) mass is 298 g/mol. The van der Waals surface area contributed by atoms with Gasteiger partial charge >= 0.3 is 0 Å². The average molecular weight is 298 g/mol. The number of fused-ring (bicyclic) bond motifs is 1. The van der Waals surface area contributed by atoms with Crippen LogP contribution in [0.4, 0.5) is 0 Å². The first-order chi connectivity index (χ1) is 9.33. The highest BCUT2D eigenvalue weighted by Gasteiger charge is 2.52. The van der Waals surface area contributed by atoms with Crippen LogP contribution in [-0.2, 0) is 9.59 Å². The number of rotatable bonds is 5. The normalized spacial score (nSPS) is 30.8. The van der Waals surface area contributed by atoms with Crippen LogP contribution in [0.3, 0.4) is 0 Å². The Bertz CT molecular complexity index is 399. The number of carbonyl (C=O) groups is 2. The lowest BCUT2D eigenvalue weighted by Crippen LogP contribution is -2.51. The van der Waals surface area contributed by atoms with Gasteiger partial charge in [0.1, 0.15) is 6.04 Å². The van der Waals surface area contributed by atoms with Crippen molar-refractivity contribution >= 4 is 23.6 Å². The molecule has 2 saturated heterocycles. The SMILES string of the molecule is CC(C)CCC(C)NC(=O)C1CSC2(C)CCC(=O)N12. The van der Waals surface area contributed by atoms with Gasteiger partial charge in [-0.3, -0.25) is 9.59 Å². The first-order valence-corrected chi connectivity index (χ1v) is 8.58. The largest absolute Gasteiger partial charge is 0.352 e. The summed E-state index contributed by atoms with van der Waals surface area (Å²) < 4.78 is 0. The zero-order chi connectivity index (χ0) is 14.9. The lowest BCUT2D eigenvalue weighted by Gasteiger charge is -2.30. The summed E-state index contributed by atoms with van der Waals surface area (Å²) in [5.41, 5.74) is 0. The van der Waals surface area contributed by atoms with Crippen LogP contribution >= 0.6 is 11.8 Å². The van der Waals surface area contributed by atoms with E-state index < -0.39 is 0 Å². The van der Waals surface area contributed by atoms with Crippen molar-refractivity contribution < 1.29 is 9.59 Å². The van der Waals surface area contributed by atoms with Crippen LogP contribution in [0.5, 0.6) is 0 Å². The number of thioether (sulfide) groups is 1. The maximum atomic E-state index is 12.4. The molecule has 5 heteroatoms.